The Balaban J connectivity index is 0.000000235. The van der Waals surface area contributed by atoms with Gasteiger partial charge < -0.3 is 25.5 Å². The average Bonchev–Trinajstić information content (AvgIpc) is 3.51. The maximum Gasteiger partial charge on any atom is 0.213 e. The van der Waals surface area contributed by atoms with Gasteiger partial charge in [0.25, 0.3) is 0 Å². The van der Waals surface area contributed by atoms with Gasteiger partial charge in [0, 0.05) is 36.1 Å². The first-order valence-corrected chi connectivity index (χ1v) is 15.4. The Labute approximate surface area is 259 Å². The zero-order valence-electron chi connectivity index (χ0n) is 24.7. The maximum atomic E-state index is 13.9. The summed E-state index contributed by atoms with van der Waals surface area (Å²) in [4.78, 5) is 18.8. The van der Waals surface area contributed by atoms with Crippen LogP contribution in [0.15, 0.2) is 48.5 Å². The molecule has 3 heterocycles. The van der Waals surface area contributed by atoms with E-state index < -0.39 is 0 Å². The van der Waals surface area contributed by atoms with Crippen molar-refractivity contribution >= 4 is 61.8 Å². The summed E-state index contributed by atoms with van der Waals surface area (Å²) in [6.07, 6.45) is 2.51. The molecule has 3 N–H and O–H groups in total. The van der Waals surface area contributed by atoms with Crippen molar-refractivity contribution in [1.82, 2.24) is 9.88 Å². The van der Waals surface area contributed by atoms with Gasteiger partial charge in [0.05, 0.1) is 27.3 Å². The van der Waals surface area contributed by atoms with Gasteiger partial charge in [-0.25, -0.2) is 13.8 Å². The van der Waals surface area contributed by atoms with Crippen molar-refractivity contribution < 1.29 is 18.7 Å². The van der Waals surface area contributed by atoms with E-state index in [0.717, 1.165) is 60.7 Å². The normalized spacial score (nSPS) is 16.1. The summed E-state index contributed by atoms with van der Waals surface area (Å²) in [7, 11) is 1.79. The van der Waals surface area contributed by atoms with E-state index >= 15 is 0 Å². The molecule has 0 unspecified atom stereocenters. The number of phenols is 1. The summed E-state index contributed by atoms with van der Waals surface area (Å²) in [5.41, 5.74) is 4.17. The van der Waals surface area contributed by atoms with Crippen molar-refractivity contribution in [2.45, 2.75) is 39.0 Å². The second-order valence-corrected chi connectivity index (χ2v) is 13.7. The number of anilines is 4. The minimum Gasteiger partial charge on any atom is -0.506 e. The van der Waals surface area contributed by atoms with Crippen LogP contribution in [0.1, 0.15) is 39.2 Å². The van der Waals surface area contributed by atoms with E-state index in [4.69, 9.17) is 11.6 Å². The lowest BCUT2D eigenvalue weighted by Gasteiger charge is -2.42. The number of carbonyl (C=O) groups is 1. The number of nitrogens with zero attached hydrogens (tertiary/aromatic N) is 3. The van der Waals surface area contributed by atoms with Crippen molar-refractivity contribution in [3.05, 3.63) is 70.8 Å². The van der Waals surface area contributed by atoms with Crippen molar-refractivity contribution in [1.29, 1.82) is 0 Å². The summed E-state index contributed by atoms with van der Waals surface area (Å²) in [6.45, 7) is 10.6. The highest BCUT2D eigenvalue weighted by Crippen LogP contribution is 2.56. The van der Waals surface area contributed by atoms with Crippen molar-refractivity contribution in [2.24, 2.45) is 5.41 Å². The maximum absolute atomic E-state index is 13.9. The summed E-state index contributed by atoms with van der Waals surface area (Å²) < 4.78 is 27.3. The molecule has 2 aliphatic heterocycles. The number of aromatic nitrogens is 1. The lowest BCUT2D eigenvalue weighted by molar-refractivity contribution is -0.105. The van der Waals surface area contributed by atoms with Gasteiger partial charge in [-0.05, 0) is 79.9 Å². The average molecular weight is 628 g/mol. The van der Waals surface area contributed by atoms with Crippen LogP contribution in [0.25, 0.3) is 10.2 Å². The fourth-order valence-electron chi connectivity index (χ4n) is 6.17. The fourth-order valence-corrected chi connectivity index (χ4v) is 7.37. The van der Waals surface area contributed by atoms with E-state index in [0.29, 0.717) is 27.8 Å². The Kier molecular flexibility index (Phi) is 8.83. The molecule has 0 aliphatic carbocycles. The Morgan fingerprint density at radius 3 is 2.47 bits per heavy atom. The Bertz CT molecular complexity index is 1630. The van der Waals surface area contributed by atoms with Crippen LogP contribution in [-0.2, 0) is 10.2 Å². The third-order valence-electron chi connectivity index (χ3n) is 7.93. The fraction of sp³-hybridized carbons (Fsp3) is 0.375. The lowest BCUT2D eigenvalue weighted by Crippen LogP contribution is -2.47. The third kappa shape index (κ3) is 6.56. The number of halogens is 3. The standard InChI is InChI=1S/C24H31ClFN3O.C8H5FN2OS/c1-23(2,3)14-28-11-9-24(10-12-28)15-29(19-7-5-16(26)13-18(19)27-4)22-20(30)8-6-17(25)21(22)24;9-5-1-2-6-7(3-5)13-8(11-6)10-4-12/h5-8,13,27,30H,9-12,14-15H2,1-4H3;1-4H,(H,10,11,12). The third-order valence-corrected chi connectivity index (χ3v) is 9.19. The molecule has 43 heavy (non-hydrogen) atoms. The number of piperidine rings is 1. The number of hydrogen-bond donors (Lipinski definition) is 3. The van der Waals surface area contributed by atoms with E-state index in [9.17, 15) is 18.7 Å². The number of thiazole rings is 1. The molecule has 1 aromatic heterocycles. The van der Waals surface area contributed by atoms with E-state index in [2.05, 4.69) is 46.2 Å². The number of benzene rings is 3. The van der Waals surface area contributed by atoms with Crippen LogP contribution in [-0.4, -0.2) is 54.6 Å². The lowest BCUT2D eigenvalue weighted by atomic mass is 9.74. The van der Waals surface area contributed by atoms with E-state index in [-0.39, 0.29) is 28.2 Å². The number of rotatable bonds is 5. The molecule has 1 saturated heterocycles. The molecule has 0 bridgehead atoms. The van der Waals surface area contributed by atoms with Gasteiger partial charge in [-0.1, -0.05) is 43.7 Å². The smallest absolute Gasteiger partial charge is 0.213 e. The SMILES string of the molecule is CNc1cc(F)ccc1N1CC2(CCN(CC(C)(C)C)CC2)c2c(Cl)ccc(O)c21.O=CNc1nc2ccc(F)cc2s1. The predicted octanol–water partition coefficient (Wildman–Crippen LogP) is 7.76. The highest BCUT2D eigenvalue weighted by Gasteiger charge is 2.48. The van der Waals surface area contributed by atoms with Crippen LogP contribution in [0, 0.1) is 17.0 Å². The molecular formula is C32H36ClF2N5O2S. The number of hydrogen-bond acceptors (Lipinski definition) is 7. The van der Waals surface area contributed by atoms with Gasteiger partial charge in [0.15, 0.2) is 5.13 Å². The zero-order chi connectivity index (χ0) is 30.9. The summed E-state index contributed by atoms with van der Waals surface area (Å²) in [5, 5.41) is 17.5. The molecule has 11 heteroatoms. The van der Waals surface area contributed by atoms with Gasteiger partial charge in [-0.3, -0.25) is 4.79 Å². The van der Waals surface area contributed by atoms with Gasteiger partial charge >= 0.3 is 0 Å². The van der Waals surface area contributed by atoms with E-state index in [1.165, 1.54) is 35.6 Å². The molecule has 7 nitrogen and oxygen atoms in total. The monoisotopic (exact) mass is 627 g/mol. The number of aromatic hydroxyl groups is 1. The molecule has 2 aliphatic rings. The Morgan fingerprint density at radius 1 is 1.09 bits per heavy atom. The van der Waals surface area contributed by atoms with E-state index in [1.54, 1.807) is 31.3 Å². The zero-order valence-corrected chi connectivity index (χ0v) is 26.3. The molecule has 1 spiro atoms. The molecular weight excluding hydrogens is 592 g/mol. The van der Waals surface area contributed by atoms with Crippen LogP contribution in [0.5, 0.6) is 5.75 Å². The predicted molar refractivity (Wildman–Crippen MR) is 172 cm³/mol. The van der Waals surface area contributed by atoms with E-state index in [1.807, 2.05) is 0 Å². The quantitative estimate of drug-likeness (QED) is 0.196. The number of likely N-dealkylation sites (tertiary alicyclic amines) is 1. The molecule has 6 rings (SSSR count). The minimum absolute atomic E-state index is 0.126. The highest BCUT2D eigenvalue weighted by atomic mass is 35.5. The Hall–Kier alpha value is -3.47. The summed E-state index contributed by atoms with van der Waals surface area (Å²) in [6, 6.07) is 12.5. The molecule has 3 aromatic carbocycles. The second-order valence-electron chi connectivity index (χ2n) is 12.3. The van der Waals surface area contributed by atoms with Crippen LogP contribution in [0.4, 0.5) is 31.0 Å². The molecule has 0 radical (unpaired) electrons. The van der Waals surface area contributed by atoms with Crippen LogP contribution in [0.3, 0.4) is 0 Å². The minimum atomic E-state index is -0.297. The van der Waals surface area contributed by atoms with Gasteiger partial charge in [0.1, 0.15) is 17.4 Å². The summed E-state index contributed by atoms with van der Waals surface area (Å²) in [5.74, 6) is -0.369. The topological polar surface area (TPSA) is 80.7 Å². The molecule has 0 atom stereocenters. The Morgan fingerprint density at radius 2 is 1.79 bits per heavy atom. The van der Waals surface area contributed by atoms with Gasteiger partial charge in [-0.15, -0.1) is 0 Å². The number of carbonyl (C=O) groups excluding carboxylic acids is 1. The molecule has 1 fully saturated rings. The molecule has 1 amide bonds. The van der Waals surface area contributed by atoms with Gasteiger partial charge in [-0.2, -0.15) is 0 Å². The number of amides is 1. The van der Waals surface area contributed by atoms with Crippen LogP contribution in [0.2, 0.25) is 5.02 Å². The molecule has 0 saturated carbocycles. The van der Waals surface area contributed by atoms with Crippen molar-refractivity contribution in [3.8, 4) is 5.75 Å². The van der Waals surface area contributed by atoms with Crippen molar-refractivity contribution in [3.63, 3.8) is 0 Å². The first-order chi connectivity index (χ1) is 20.4. The molecule has 4 aromatic rings. The van der Waals surface area contributed by atoms with Crippen molar-refractivity contribution in [2.75, 3.05) is 48.8 Å². The van der Waals surface area contributed by atoms with Crippen LogP contribution >= 0.6 is 22.9 Å². The summed E-state index contributed by atoms with van der Waals surface area (Å²) >= 11 is 7.97. The first-order valence-electron chi connectivity index (χ1n) is 14.2. The number of nitrogens with one attached hydrogen (secondary N) is 2. The highest BCUT2D eigenvalue weighted by molar-refractivity contribution is 7.22. The van der Waals surface area contributed by atoms with Gasteiger partial charge in [0.2, 0.25) is 6.41 Å². The number of phenolic OH excluding ortho intramolecular Hbond substituents is 1. The second kappa shape index (κ2) is 12.3. The first kappa shape index (κ1) is 31.0. The number of fused-ring (bicyclic) bond motifs is 3. The van der Waals surface area contributed by atoms with Crippen LogP contribution < -0.4 is 15.5 Å². The molecule has 228 valence electrons. The largest absolute Gasteiger partial charge is 0.506 e.